The van der Waals surface area contributed by atoms with Crippen molar-refractivity contribution in [3.8, 4) is 0 Å². The van der Waals surface area contributed by atoms with Crippen LogP contribution in [0.3, 0.4) is 0 Å². The summed E-state index contributed by atoms with van der Waals surface area (Å²) in [5.74, 6) is 5.40. The van der Waals surface area contributed by atoms with Crippen LogP contribution in [-0.2, 0) is 17.8 Å². The van der Waals surface area contributed by atoms with Gasteiger partial charge in [0.25, 0.3) is 0 Å². The molecule has 108 valence electrons. The molecule has 4 atom stereocenters. The second-order valence-electron chi connectivity index (χ2n) is 7.41. The minimum atomic E-state index is 0.366. The van der Waals surface area contributed by atoms with Gasteiger partial charge in [-0.2, -0.15) is 5.10 Å². The highest BCUT2D eigenvalue weighted by Gasteiger charge is 2.66. The monoisotopic (exact) mass is 273 g/mol. The molecule has 3 fully saturated rings. The summed E-state index contributed by atoms with van der Waals surface area (Å²) in [7, 11) is 0. The standard InChI is InChI=1S/C16H23N3O/c1-9(2)7-19-13(17-8-18-19)6-12(20)16-14-10-3-4-11(5-10)15(14)16/h8-11,14-16H,3-7H2,1-2H3. The number of rotatable bonds is 5. The van der Waals surface area contributed by atoms with Gasteiger partial charge in [-0.25, -0.2) is 9.67 Å². The predicted octanol–water partition coefficient (Wildman–Crippen LogP) is 2.34. The maximum atomic E-state index is 12.6. The number of hydrogen-bond acceptors (Lipinski definition) is 3. The van der Waals surface area contributed by atoms with E-state index in [4.69, 9.17) is 0 Å². The fraction of sp³-hybridized carbons (Fsp3) is 0.812. The lowest BCUT2D eigenvalue weighted by Gasteiger charge is -2.10. The number of hydrogen-bond donors (Lipinski definition) is 0. The Balaban J connectivity index is 1.43. The van der Waals surface area contributed by atoms with Gasteiger partial charge >= 0.3 is 0 Å². The Morgan fingerprint density at radius 3 is 2.70 bits per heavy atom. The van der Waals surface area contributed by atoms with Gasteiger partial charge in [0.1, 0.15) is 17.9 Å². The van der Waals surface area contributed by atoms with Gasteiger partial charge in [-0.3, -0.25) is 4.79 Å². The summed E-state index contributed by atoms with van der Waals surface area (Å²) in [6, 6.07) is 0. The van der Waals surface area contributed by atoms with Crippen molar-refractivity contribution in [3.05, 3.63) is 12.2 Å². The zero-order chi connectivity index (χ0) is 13.9. The second-order valence-corrected chi connectivity index (χ2v) is 7.41. The van der Waals surface area contributed by atoms with Crippen molar-refractivity contribution < 1.29 is 4.79 Å². The molecule has 3 saturated carbocycles. The van der Waals surface area contributed by atoms with Crippen LogP contribution in [-0.4, -0.2) is 20.5 Å². The zero-order valence-corrected chi connectivity index (χ0v) is 12.3. The summed E-state index contributed by atoms with van der Waals surface area (Å²) in [5, 5.41) is 4.26. The maximum Gasteiger partial charge on any atom is 0.144 e. The molecule has 3 aliphatic carbocycles. The van der Waals surface area contributed by atoms with Crippen molar-refractivity contribution in [1.82, 2.24) is 14.8 Å². The fourth-order valence-electron chi connectivity index (χ4n) is 4.95. The average molecular weight is 273 g/mol. The van der Waals surface area contributed by atoms with Gasteiger partial charge < -0.3 is 0 Å². The lowest BCUT2D eigenvalue weighted by atomic mass is 9.98. The van der Waals surface area contributed by atoms with Gasteiger partial charge in [-0.05, 0) is 48.9 Å². The van der Waals surface area contributed by atoms with Gasteiger partial charge in [-0.15, -0.1) is 0 Å². The van der Waals surface area contributed by atoms with E-state index < -0.39 is 0 Å². The third-order valence-corrected chi connectivity index (χ3v) is 5.67. The highest BCUT2D eigenvalue weighted by molar-refractivity contribution is 5.86. The molecule has 0 spiro atoms. The van der Waals surface area contributed by atoms with Crippen LogP contribution >= 0.6 is 0 Å². The van der Waals surface area contributed by atoms with Crippen molar-refractivity contribution >= 4 is 5.78 Å². The molecule has 0 radical (unpaired) electrons. The van der Waals surface area contributed by atoms with Crippen LogP contribution in [0.15, 0.2) is 6.33 Å². The quantitative estimate of drug-likeness (QED) is 0.827. The normalized spacial score (nSPS) is 37.5. The summed E-state index contributed by atoms with van der Waals surface area (Å²) in [5.41, 5.74) is 0. The molecule has 0 aromatic carbocycles. The Morgan fingerprint density at radius 2 is 2.05 bits per heavy atom. The number of fused-ring (bicyclic) bond motifs is 5. The van der Waals surface area contributed by atoms with E-state index in [0.717, 1.165) is 36.0 Å². The zero-order valence-electron chi connectivity index (χ0n) is 12.3. The maximum absolute atomic E-state index is 12.6. The van der Waals surface area contributed by atoms with Gasteiger partial charge in [0.15, 0.2) is 0 Å². The van der Waals surface area contributed by atoms with Gasteiger partial charge in [0.2, 0.25) is 0 Å². The van der Waals surface area contributed by atoms with Crippen molar-refractivity contribution in [2.24, 2.45) is 35.5 Å². The third kappa shape index (κ3) is 1.84. The highest BCUT2D eigenvalue weighted by Crippen LogP contribution is 2.69. The number of Topliss-reactive ketones (excluding diaryl/α,β-unsaturated/α-hetero) is 1. The van der Waals surface area contributed by atoms with E-state index in [1.165, 1.54) is 19.3 Å². The van der Waals surface area contributed by atoms with E-state index in [1.54, 1.807) is 6.33 Å². The van der Waals surface area contributed by atoms with E-state index in [9.17, 15) is 4.79 Å². The molecule has 4 heteroatoms. The Hall–Kier alpha value is -1.19. The molecule has 3 aliphatic rings. The van der Waals surface area contributed by atoms with Crippen LogP contribution < -0.4 is 0 Å². The third-order valence-electron chi connectivity index (χ3n) is 5.67. The highest BCUT2D eigenvalue weighted by atomic mass is 16.1. The SMILES string of the molecule is CC(C)Cn1ncnc1CC(=O)C1C2C3CCC(C3)C12. The van der Waals surface area contributed by atoms with E-state index >= 15 is 0 Å². The molecule has 4 nitrogen and oxygen atoms in total. The molecule has 0 amide bonds. The number of carbonyl (C=O) groups is 1. The molecule has 1 aromatic rings. The first-order chi connectivity index (χ1) is 9.65. The predicted molar refractivity (Wildman–Crippen MR) is 74.9 cm³/mol. The summed E-state index contributed by atoms with van der Waals surface area (Å²) < 4.78 is 1.91. The first-order valence-electron chi connectivity index (χ1n) is 8.04. The summed E-state index contributed by atoms with van der Waals surface area (Å²) in [6.45, 7) is 5.18. The minimum absolute atomic E-state index is 0.366. The molecule has 4 unspecified atom stereocenters. The molecular formula is C16H23N3O. The van der Waals surface area contributed by atoms with E-state index in [-0.39, 0.29) is 0 Å². The molecule has 20 heavy (non-hydrogen) atoms. The van der Waals surface area contributed by atoms with Crippen LogP contribution in [0.2, 0.25) is 0 Å². The van der Waals surface area contributed by atoms with E-state index in [2.05, 4.69) is 23.9 Å². The Labute approximate surface area is 120 Å². The number of ketones is 1. The fourth-order valence-corrected chi connectivity index (χ4v) is 4.95. The molecule has 0 aliphatic heterocycles. The number of carbonyl (C=O) groups excluding carboxylic acids is 1. The summed E-state index contributed by atoms with van der Waals surface area (Å²) in [6.07, 6.45) is 6.23. The first-order valence-corrected chi connectivity index (χ1v) is 8.04. The molecule has 1 aromatic heterocycles. The molecule has 0 saturated heterocycles. The average Bonchev–Trinajstić information content (AvgIpc) is 2.74. The van der Waals surface area contributed by atoms with Gasteiger partial charge in [0.05, 0.1) is 6.42 Å². The van der Waals surface area contributed by atoms with Crippen LogP contribution in [0.1, 0.15) is 38.9 Å². The van der Waals surface area contributed by atoms with Crippen LogP contribution in [0, 0.1) is 35.5 Å². The van der Waals surface area contributed by atoms with Crippen LogP contribution in [0.4, 0.5) is 0 Å². The van der Waals surface area contributed by atoms with Crippen LogP contribution in [0.25, 0.3) is 0 Å². The minimum Gasteiger partial charge on any atom is -0.299 e. The Kier molecular flexibility index (Phi) is 2.76. The summed E-state index contributed by atoms with van der Waals surface area (Å²) in [4.78, 5) is 16.9. The number of aromatic nitrogens is 3. The molecular weight excluding hydrogens is 250 g/mol. The van der Waals surface area contributed by atoms with Crippen molar-refractivity contribution in [3.63, 3.8) is 0 Å². The molecule has 2 bridgehead atoms. The molecule has 1 heterocycles. The smallest absolute Gasteiger partial charge is 0.144 e. The molecule has 4 rings (SSSR count). The Morgan fingerprint density at radius 1 is 1.35 bits per heavy atom. The van der Waals surface area contributed by atoms with Gasteiger partial charge in [0, 0.05) is 12.5 Å². The lowest BCUT2D eigenvalue weighted by molar-refractivity contribution is -0.120. The van der Waals surface area contributed by atoms with Crippen molar-refractivity contribution in [2.45, 2.75) is 46.1 Å². The number of nitrogens with zero attached hydrogens (tertiary/aromatic N) is 3. The van der Waals surface area contributed by atoms with Crippen LogP contribution in [0.5, 0.6) is 0 Å². The van der Waals surface area contributed by atoms with Gasteiger partial charge in [-0.1, -0.05) is 13.8 Å². The van der Waals surface area contributed by atoms with E-state index in [0.29, 0.717) is 24.0 Å². The second kappa shape index (κ2) is 4.40. The first kappa shape index (κ1) is 12.5. The largest absolute Gasteiger partial charge is 0.299 e. The van der Waals surface area contributed by atoms with E-state index in [1.807, 2.05) is 4.68 Å². The Bertz CT molecular complexity index is 520. The lowest BCUT2D eigenvalue weighted by Crippen LogP contribution is -2.17. The van der Waals surface area contributed by atoms with Crippen molar-refractivity contribution in [1.29, 1.82) is 0 Å². The molecule has 0 N–H and O–H groups in total. The van der Waals surface area contributed by atoms with Crippen molar-refractivity contribution in [2.75, 3.05) is 0 Å². The summed E-state index contributed by atoms with van der Waals surface area (Å²) >= 11 is 0. The topological polar surface area (TPSA) is 47.8 Å².